The Bertz CT molecular complexity index is 677. The number of hydrogen-bond acceptors (Lipinski definition) is 7. The van der Waals surface area contributed by atoms with E-state index in [1.807, 2.05) is 24.3 Å². The number of carbonyl (C=O) groups excluding carboxylic acids is 1. The van der Waals surface area contributed by atoms with Gasteiger partial charge < -0.3 is 40.0 Å². The van der Waals surface area contributed by atoms with E-state index in [4.69, 9.17) is 14.2 Å². The van der Waals surface area contributed by atoms with Crippen LogP contribution in [-0.2, 0) is 16.1 Å². The summed E-state index contributed by atoms with van der Waals surface area (Å²) in [6, 6.07) is 7.55. The molecule has 2 aliphatic rings. The molecule has 186 valence electrons. The third kappa shape index (κ3) is 10.7. The van der Waals surface area contributed by atoms with E-state index in [0.29, 0.717) is 71.1 Å². The van der Waals surface area contributed by atoms with Crippen molar-refractivity contribution >= 4 is 6.03 Å². The van der Waals surface area contributed by atoms with Crippen LogP contribution in [0.4, 0.5) is 4.79 Å². The van der Waals surface area contributed by atoms with Crippen molar-refractivity contribution in [2.75, 3.05) is 59.2 Å². The molecular weight excluding hydrogens is 426 g/mol. The number of ether oxygens (including phenoxy) is 3. The molecule has 0 radical (unpaired) electrons. The minimum atomic E-state index is -0.650. The van der Waals surface area contributed by atoms with Gasteiger partial charge in [-0.3, -0.25) is 0 Å². The van der Waals surface area contributed by atoms with E-state index in [2.05, 4.69) is 10.6 Å². The molecule has 2 amide bonds. The number of piperidine rings is 1. The van der Waals surface area contributed by atoms with E-state index in [-0.39, 0.29) is 18.7 Å². The van der Waals surface area contributed by atoms with Gasteiger partial charge in [-0.15, -0.1) is 0 Å². The number of aliphatic hydroxyl groups excluding tert-OH is 2. The summed E-state index contributed by atoms with van der Waals surface area (Å²) >= 11 is 0. The number of amides is 2. The summed E-state index contributed by atoms with van der Waals surface area (Å²) in [6.07, 6.45) is 2.92. The maximum absolute atomic E-state index is 12.0. The quantitative estimate of drug-likeness (QED) is 0.287. The first-order valence-electron chi connectivity index (χ1n) is 12.1. The SMILES string of the molecule is O=C(NCCNCC(O)COc1ccc(COCCOCC2CC2)cc1)N1CCC(O)CC1. The van der Waals surface area contributed by atoms with Gasteiger partial charge in [0.15, 0.2) is 0 Å². The fourth-order valence-corrected chi connectivity index (χ4v) is 3.48. The second-order valence-corrected chi connectivity index (χ2v) is 8.83. The third-order valence-corrected chi connectivity index (χ3v) is 5.77. The van der Waals surface area contributed by atoms with Crippen LogP contribution >= 0.6 is 0 Å². The van der Waals surface area contributed by atoms with E-state index in [9.17, 15) is 15.0 Å². The highest BCUT2D eigenvalue weighted by Gasteiger charge is 2.21. The lowest BCUT2D eigenvalue weighted by atomic mass is 10.1. The number of likely N-dealkylation sites (tertiary alicyclic amines) is 1. The van der Waals surface area contributed by atoms with Crippen LogP contribution in [0.25, 0.3) is 0 Å². The summed E-state index contributed by atoms with van der Waals surface area (Å²) in [6.45, 7) is 5.38. The summed E-state index contributed by atoms with van der Waals surface area (Å²) in [5, 5.41) is 25.5. The lowest BCUT2D eigenvalue weighted by molar-refractivity contribution is 0.0368. The number of carbonyl (C=O) groups is 1. The summed E-state index contributed by atoms with van der Waals surface area (Å²) in [7, 11) is 0. The molecule has 1 aromatic rings. The average molecular weight is 466 g/mol. The van der Waals surface area contributed by atoms with Gasteiger partial charge in [0.25, 0.3) is 0 Å². The minimum Gasteiger partial charge on any atom is -0.491 e. The van der Waals surface area contributed by atoms with Gasteiger partial charge in [-0.05, 0) is 49.3 Å². The molecule has 1 heterocycles. The van der Waals surface area contributed by atoms with Crippen LogP contribution in [0.1, 0.15) is 31.2 Å². The number of hydrogen-bond donors (Lipinski definition) is 4. The zero-order valence-corrected chi connectivity index (χ0v) is 19.4. The number of nitrogens with zero attached hydrogens (tertiary/aromatic N) is 1. The zero-order valence-electron chi connectivity index (χ0n) is 19.4. The molecule has 0 bridgehead atoms. The van der Waals surface area contributed by atoms with Crippen molar-refractivity contribution in [2.24, 2.45) is 5.92 Å². The molecule has 2 fully saturated rings. The Morgan fingerprint density at radius 2 is 1.79 bits per heavy atom. The Morgan fingerprint density at radius 3 is 2.52 bits per heavy atom. The van der Waals surface area contributed by atoms with Gasteiger partial charge in [-0.25, -0.2) is 4.79 Å². The molecule has 1 atom stereocenters. The zero-order chi connectivity index (χ0) is 23.3. The molecule has 1 aliphatic carbocycles. The van der Waals surface area contributed by atoms with Crippen LogP contribution < -0.4 is 15.4 Å². The van der Waals surface area contributed by atoms with Crippen molar-refractivity contribution < 1.29 is 29.2 Å². The Balaban J connectivity index is 1.17. The van der Waals surface area contributed by atoms with Crippen LogP contribution in [0, 0.1) is 5.92 Å². The predicted molar refractivity (Wildman–Crippen MR) is 124 cm³/mol. The monoisotopic (exact) mass is 465 g/mol. The van der Waals surface area contributed by atoms with Crippen molar-refractivity contribution in [1.82, 2.24) is 15.5 Å². The lowest BCUT2D eigenvalue weighted by Crippen LogP contribution is -2.47. The Labute approximate surface area is 196 Å². The van der Waals surface area contributed by atoms with Gasteiger partial charge in [-0.1, -0.05) is 12.1 Å². The molecule has 3 rings (SSSR count). The Kier molecular flexibility index (Phi) is 11.2. The van der Waals surface area contributed by atoms with Gasteiger partial charge in [-0.2, -0.15) is 0 Å². The Morgan fingerprint density at radius 1 is 1.06 bits per heavy atom. The highest BCUT2D eigenvalue weighted by molar-refractivity contribution is 5.74. The lowest BCUT2D eigenvalue weighted by Gasteiger charge is -2.29. The number of aliphatic hydroxyl groups is 2. The molecule has 1 saturated heterocycles. The fraction of sp³-hybridized carbons (Fsp3) is 0.708. The standard InChI is InChI=1S/C24H39N3O6/c28-21-7-11-27(12-8-21)24(30)26-10-9-25-15-22(29)18-33-23-5-3-20(4-6-23)17-32-14-13-31-16-19-1-2-19/h3-6,19,21-22,25,28-29H,1-2,7-18H2,(H,26,30). The molecule has 33 heavy (non-hydrogen) atoms. The van der Waals surface area contributed by atoms with E-state index in [1.165, 1.54) is 12.8 Å². The summed E-state index contributed by atoms with van der Waals surface area (Å²) in [5.74, 6) is 1.48. The number of urea groups is 1. The number of rotatable bonds is 15. The van der Waals surface area contributed by atoms with Gasteiger partial charge in [0.1, 0.15) is 18.5 Å². The summed E-state index contributed by atoms with van der Waals surface area (Å²) in [5.41, 5.74) is 1.06. The molecular formula is C24H39N3O6. The topological polar surface area (TPSA) is 113 Å². The van der Waals surface area contributed by atoms with Gasteiger partial charge in [0.2, 0.25) is 0 Å². The minimum absolute atomic E-state index is 0.108. The van der Waals surface area contributed by atoms with Crippen LogP contribution in [0.15, 0.2) is 24.3 Å². The molecule has 1 aromatic carbocycles. The van der Waals surface area contributed by atoms with Crippen LogP contribution in [0.2, 0.25) is 0 Å². The van der Waals surface area contributed by atoms with Crippen molar-refractivity contribution in [2.45, 2.75) is 44.5 Å². The molecule has 1 unspecified atom stereocenters. The van der Waals surface area contributed by atoms with Crippen molar-refractivity contribution in [3.8, 4) is 5.75 Å². The molecule has 9 nitrogen and oxygen atoms in total. The van der Waals surface area contributed by atoms with Crippen LogP contribution in [0.3, 0.4) is 0 Å². The fourth-order valence-electron chi connectivity index (χ4n) is 3.48. The smallest absolute Gasteiger partial charge is 0.317 e. The van der Waals surface area contributed by atoms with Gasteiger partial charge in [0.05, 0.1) is 25.9 Å². The molecule has 1 aliphatic heterocycles. The summed E-state index contributed by atoms with van der Waals surface area (Å²) in [4.78, 5) is 13.8. The highest BCUT2D eigenvalue weighted by atomic mass is 16.5. The largest absolute Gasteiger partial charge is 0.491 e. The summed E-state index contributed by atoms with van der Waals surface area (Å²) < 4.78 is 16.8. The molecule has 4 N–H and O–H groups in total. The normalized spacial score (nSPS) is 17.7. The second-order valence-electron chi connectivity index (χ2n) is 8.83. The van der Waals surface area contributed by atoms with E-state index in [0.717, 1.165) is 18.1 Å². The predicted octanol–water partition coefficient (Wildman–Crippen LogP) is 1.13. The first-order chi connectivity index (χ1) is 16.1. The van der Waals surface area contributed by atoms with E-state index in [1.54, 1.807) is 4.90 Å². The van der Waals surface area contributed by atoms with Gasteiger partial charge >= 0.3 is 6.03 Å². The average Bonchev–Trinajstić information content (AvgIpc) is 3.65. The molecule has 0 spiro atoms. The number of benzene rings is 1. The molecule has 9 heteroatoms. The van der Waals surface area contributed by atoms with Crippen molar-refractivity contribution in [3.05, 3.63) is 29.8 Å². The Hall–Kier alpha value is -1.91. The first kappa shape index (κ1) is 25.7. The highest BCUT2D eigenvalue weighted by Crippen LogP contribution is 2.28. The number of nitrogens with one attached hydrogen (secondary N) is 2. The third-order valence-electron chi connectivity index (χ3n) is 5.77. The van der Waals surface area contributed by atoms with E-state index < -0.39 is 6.10 Å². The molecule has 0 aromatic heterocycles. The molecule has 1 saturated carbocycles. The maximum Gasteiger partial charge on any atom is 0.317 e. The van der Waals surface area contributed by atoms with Crippen molar-refractivity contribution in [3.63, 3.8) is 0 Å². The first-order valence-corrected chi connectivity index (χ1v) is 12.1. The van der Waals surface area contributed by atoms with Crippen LogP contribution in [-0.4, -0.2) is 92.5 Å². The van der Waals surface area contributed by atoms with Crippen molar-refractivity contribution in [1.29, 1.82) is 0 Å². The van der Waals surface area contributed by atoms with Crippen LogP contribution in [0.5, 0.6) is 5.75 Å². The van der Waals surface area contributed by atoms with E-state index >= 15 is 0 Å². The second kappa shape index (κ2) is 14.4. The maximum atomic E-state index is 12.0. The van der Waals surface area contributed by atoms with Gasteiger partial charge in [0, 0.05) is 39.3 Å².